The Morgan fingerprint density at radius 2 is 1.88 bits per heavy atom. The summed E-state index contributed by atoms with van der Waals surface area (Å²) >= 11 is 0. The molecule has 1 N–H and O–H groups in total. The third-order valence-corrected chi connectivity index (χ3v) is 2.93. The summed E-state index contributed by atoms with van der Waals surface area (Å²) in [5.74, 6) is 0. The van der Waals surface area contributed by atoms with Crippen LogP contribution in [0.1, 0.15) is 18.4 Å². The van der Waals surface area contributed by atoms with Crippen LogP contribution in [-0.2, 0) is 11.4 Å². The van der Waals surface area contributed by atoms with E-state index in [1.165, 1.54) is 31.5 Å². The lowest BCUT2D eigenvalue weighted by Gasteiger charge is -2.14. The number of likely N-dealkylation sites (tertiary alicyclic amines) is 1. The number of nitrogens with one attached hydrogen (secondary N) is 1. The summed E-state index contributed by atoms with van der Waals surface area (Å²) in [6.07, 6.45) is 2.69. The lowest BCUT2D eigenvalue weighted by atomic mass is 10.2. The van der Waals surface area contributed by atoms with Crippen LogP contribution in [0.15, 0.2) is 30.3 Å². The molecule has 3 nitrogen and oxygen atoms in total. The molecule has 88 valence electrons. The van der Waals surface area contributed by atoms with Crippen molar-refractivity contribution in [1.82, 2.24) is 10.4 Å². The molecule has 1 aliphatic rings. The Kier molecular flexibility index (Phi) is 4.80. The number of rotatable bonds is 6. The second kappa shape index (κ2) is 6.63. The van der Waals surface area contributed by atoms with Gasteiger partial charge in [0.05, 0.1) is 6.61 Å². The molecule has 0 aromatic heterocycles. The summed E-state index contributed by atoms with van der Waals surface area (Å²) in [7, 11) is 0. The Hall–Kier alpha value is -0.900. The minimum absolute atomic E-state index is 0.771. The Balaban J connectivity index is 1.52. The zero-order valence-corrected chi connectivity index (χ0v) is 9.69. The largest absolute Gasteiger partial charge is 0.301 e. The number of hydrogen-bond acceptors (Lipinski definition) is 3. The molecule has 0 unspecified atom stereocenters. The molecular weight excluding hydrogens is 200 g/mol. The molecule has 2 rings (SSSR count). The maximum Gasteiger partial charge on any atom is 0.0809 e. The van der Waals surface area contributed by atoms with Gasteiger partial charge in [-0.3, -0.25) is 0 Å². The average molecular weight is 220 g/mol. The van der Waals surface area contributed by atoms with Crippen molar-refractivity contribution >= 4 is 0 Å². The lowest BCUT2D eigenvalue weighted by Crippen LogP contribution is -2.27. The van der Waals surface area contributed by atoms with E-state index in [2.05, 4.69) is 22.5 Å². The molecule has 0 saturated carbocycles. The first-order valence-corrected chi connectivity index (χ1v) is 6.06. The van der Waals surface area contributed by atoms with Crippen molar-refractivity contribution < 1.29 is 4.84 Å². The number of benzene rings is 1. The van der Waals surface area contributed by atoms with Crippen molar-refractivity contribution in [2.24, 2.45) is 0 Å². The molecule has 0 amide bonds. The van der Waals surface area contributed by atoms with Crippen molar-refractivity contribution in [3.05, 3.63) is 35.9 Å². The smallest absolute Gasteiger partial charge is 0.0809 e. The van der Waals surface area contributed by atoms with Gasteiger partial charge in [0.2, 0.25) is 0 Å². The summed E-state index contributed by atoms with van der Waals surface area (Å²) in [4.78, 5) is 7.86. The van der Waals surface area contributed by atoms with Crippen molar-refractivity contribution in [2.75, 3.05) is 26.2 Å². The van der Waals surface area contributed by atoms with Crippen LogP contribution < -0.4 is 5.48 Å². The van der Waals surface area contributed by atoms with Gasteiger partial charge in [-0.25, -0.2) is 0 Å². The van der Waals surface area contributed by atoms with E-state index in [9.17, 15) is 0 Å². The van der Waals surface area contributed by atoms with Gasteiger partial charge < -0.3 is 9.74 Å². The Labute approximate surface area is 97.4 Å². The van der Waals surface area contributed by atoms with Gasteiger partial charge in [-0.1, -0.05) is 30.3 Å². The van der Waals surface area contributed by atoms with E-state index in [0.29, 0.717) is 0 Å². The monoisotopic (exact) mass is 220 g/mol. The second-order valence-electron chi connectivity index (χ2n) is 4.20. The normalized spacial score (nSPS) is 16.8. The van der Waals surface area contributed by atoms with E-state index >= 15 is 0 Å². The Morgan fingerprint density at radius 3 is 2.62 bits per heavy atom. The van der Waals surface area contributed by atoms with E-state index in [0.717, 1.165) is 19.7 Å². The molecule has 16 heavy (non-hydrogen) atoms. The predicted molar refractivity (Wildman–Crippen MR) is 64.9 cm³/mol. The summed E-state index contributed by atoms with van der Waals surface area (Å²) in [5, 5.41) is 0. The molecule has 0 atom stereocenters. The third-order valence-electron chi connectivity index (χ3n) is 2.93. The third kappa shape index (κ3) is 3.93. The van der Waals surface area contributed by atoms with Crippen molar-refractivity contribution in [3.63, 3.8) is 0 Å². The molecule has 1 heterocycles. The Bertz CT molecular complexity index is 283. The molecular formula is C13H20N2O. The van der Waals surface area contributed by atoms with Crippen LogP contribution in [0.2, 0.25) is 0 Å². The van der Waals surface area contributed by atoms with Gasteiger partial charge in [0.1, 0.15) is 0 Å². The highest BCUT2D eigenvalue weighted by Gasteiger charge is 2.10. The summed E-state index contributed by atoms with van der Waals surface area (Å²) in [5.41, 5.74) is 4.25. The number of nitrogens with zero attached hydrogens (tertiary/aromatic N) is 1. The Morgan fingerprint density at radius 1 is 1.12 bits per heavy atom. The van der Waals surface area contributed by atoms with E-state index in [1.807, 2.05) is 18.2 Å². The number of hydrogen-bond donors (Lipinski definition) is 1. The van der Waals surface area contributed by atoms with Crippen LogP contribution in [0, 0.1) is 0 Å². The van der Waals surface area contributed by atoms with Crippen LogP contribution in [0.3, 0.4) is 0 Å². The fourth-order valence-corrected chi connectivity index (χ4v) is 1.98. The predicted octanol–water partition coefficient (Wildman–Crippen LogP) is 1.80. The van der Waals surface area contributed by atoms with Crippen molar-refractivity contribution in [2.45, 2.75) is 19.4 Å². The van der Waals surface area contributed by atoms with Crippen molar-refractivity contribution in [3.8, 4) is 0 Å². The van der Waals surface area contributed by atoms with Crippen LogP contribution in [0.4, 0.5) is 0 Å². The van der Waals surface area contributed by atoms with E-state index < -0.39 is 0 Å². The highest BCUT2D eigenvalue weighted by atomic mass is 16.6. The first-order valence-electron chi connectivity index (χ1n) is 6.06. The summed E-state index contributed by atoms with van der Waals surface area (Å²) in [6.45, 7) is 5.07. The fraction of sp³-hybridized carbons (Fsp3) is 0.538. The molecule has 0 aliphatic carbocycles. The highest BCUT2D eigenvalue weighted by molar-refractivity contribution is 5.13. The molecule has 3 heteroatoms. The first-order chi connectivity index (χ1) is 7.95. The molecule has 1 aromatic rings. The quantitative estimate of drug-likeness (QED) is 0.584. The van der Waals surface area contributed by atoms with Gasteiger partial charge >= 0.3 is 0 Å². The summed E-state index contributed by atoms with van der Waals surface area (Å²) < 4.78 is 0. The maximum atomic E-state index is 5.41. The van der Waals surface area contributed by atoms with Gasteiger partial charge in [-0.2, -0.15) is 5.48 Å². The number of hydroxylamine groups is 1. The molecule has 0 bridgehead atoms. The SMILES string of the molecule is c1ccc(CNOCCN2CCCC2)cc1. The van der Waals surface area contributed by atoms with Gasteiger partial charge in [0.15, 0.2) is 0 Å². The zero-order chi connectivity index (χ0) is 11.1. The molecule has 0 radical (unpaired) electrons. The van der Waals surface area contributed by atoms with Crippen LogP contribution in [0.5, 0.6) is 0 Å². The molecule has 1 fully saturated rings. The van der Waals surface area contributed by atoms with Crippen molar-refractivity contribution in [1.29, 1.82) is 0 Å². The minimum atomic E-state index is 0.771. The summed E-state index contributed by atoms with van der Waals surface area (Å²) in [6, 6.07) is 10.3. The lowest BCUT2D eigenvalue weighted by molar-refractivity contribution is 0.0252. The average Bonchev–Trinajstić information content (AvgIpc) is 2.83. The second-order valence-corrected chi connectivity index (χ2v) is 4.20. The molecule has 1 saturated heterocycles. The maximum absolute atomic E-state index is 5.41. The molecule has 0 spiro atoms. The zero-order valence-electron chi connectivity index (χ0n) is 9.69. The van der Waals surface area contributed by atoms with Crippen LogP contribution >= 0.6 is 0 Å². The van der Waals surface area contributed by atoms with Gasteiger partial charge in [-0.15, -0.1) is 0 Å². The van der Waals surface area contributed by atoms with Crippen LogP contribution in [0.25, 0.3) is 0 Å². The van der Waals surface area contributed by atoms with Gasteiger partial charge in [-0.05, 0) is 31.5 Å². The van der Waals surface area contributed by atoms with Gasteiger partial charge in [0.25, 0.3) is 0 Å². The fourth-order valence-electron chi connectivity index (χ4n) is 1.98. The van der Waals surface area contributed by atoms with E-state index in [-0.39, 0.29) is 0 Å². The molecule has 1 aliphatic heterocycles. The van der Waals surface area contributed by atoms with E-state index in [1.54, 1.807) is 0 Å². The van der Waals surface area contributed by atoms with Crippen LogP contribution in [-0.4, -0.2) is 31.1 Å². The highest BCUT2D eigenvalue weighted by Crippen LogP contribution is 2.05. The first kappa shape index (κ1) is 11.6. The van der Waals surface area contributed by atoms with Gasteiger partial charge in [0, 0.05) is 13.1 Å². The minimum Gasteiger partial charge on any atom is -0.301 e. The standard InChI is InChI=1S/C13H20N2O/c1-2-6-13(7-3-1)12-14-16-11-10-15-8-4-5-9-15/h1-3,6-7,14H,4-5,8-12H2. The van der Waals surface area contributed by atoms with E-state index in [4.69, 9.17) is 4.84 Å². The topological polar surface area (TPSA) is 24.5 Å². The molecule has 1 aromatic carbocycles.